The molecule has 1 aliphatic carbocycles. The van der Waals surface area contributed by atoms with Crippen molar-refractivity contribution < 1.29 is 0 Å². The van der Waals surface area contributed by atoms with E-state index in [9.17, 15) is 0 Å². The maximum atomic E-state index is 6.25. The zero-order valence-corrected chi connectivity index (χ0v) is 11.0. The van der Waals surface area contributed by atoms with Crippen molar-refractivity contribution in [1.29, 1.82) is 0 Å². The molecule has 2 N–H and O–H groups in total. The zero-order chi connectivity index (χ0) is 11.5. The Labute approximate surface area is 101 Å². The fourth-order valence-corrected chi connectivity index (χ4v) is 3.60. The number of hydrogen-bond donors (Lipinski definition) is 1. The Morgan fingerprint density at radius 3 is 2.56 bits per heavy atom. The Morgan fingerprint density at radius 1 is 1.12 bits per heavy atom. The normalized spacial score (nSPS) is 37.1. The largest absolute Gasteiger partial charge is 0.327 e. The van der Waals surface area contributed by atoms with Gasteiger partial charge >= 0.3 is 0 Å². The monoisotopic (exact) mass is 224 g/mol. The third kappa shape index (κ3) is 2.78. The Hall–Kier alpha value is -0.0800. The van der Waals surface area contributed by atoms with Crippen molar-refractivity contribution in [2.24, 2.45) is 17.6 Å². The van der Waals surface area contributed by atoms with Crippen LogP contribution < -0.4 is 5.73 Å². The molecule has 0 aromatic rings. The molecule has 16 heavy (non-hydrogen) atoms. The van der Waals surface area contributed by atoms with Crippen LogP contribution in [0.2, 0.25) is 0 Å². The Bertz CT molecular complexity index is 215. The summed E-state index contributed by atoms with van der Waals surface area (Å²) in [6.45, 7) is 7.31. The molecule has 3 unspecified atom stereocenters. The maximum Gasteiger partial charge on any atom is 0.0119 e. The second kappa shape index (κ2) is 5.50. The molecule has 0 bridgehead atoms. The summed E-state index contributed by atoms with van der Waals surface area (Å²) >= 11 is 0. The molecule has 1 aliphatic heterocycles. The minimum absolute atomic E-state index is 0.474. The second-order valence-electron chi connectivity index (χ2n) is 6.16. The van der Waals surface area contributed by atoms with E-state index in [4.69, 9.17) is 5.73 Å². The number of nitrogens with two attached hydrogens (primary N) is 1. The zero-order valence-electron chi connectivity index (χ0n) is 11.0. The molecular weight excluding hydrogens is 196 g/mol. The molecule has 1 heterocycles. The van der Waals surface area contributed by atoms with Gasteiger partial charge < -0.3 is 5.73 Å². The van der Waals surface area contributed by atoms with E-state index >= 15 is 0 Å². The molecule has 0 spiro atoms. The van der Waals surface area contributed by atoms with Crippen LogP contribution in [0.1, 0.15) is 52.4 Å². The highest BCUT2D eigenvalue weighted by Gasteiger charge is 2.31. The lowest BCUT2D eigenvalue weighted by molar-refractivity contribution is 0.148. The molecule has 94 valence electrons. The molecule has 2 nitrogen and oxygen atoms in total. The first-order valence-corrected chi connectivity index (χ1v) is 7.18. The van der Waals surface area contributed by atoms with E-state index in [-0.39, 0.29) is 0 Å². The third-order valence-corrected chi connectivity index (χ3v) is 4.62. The van der Waals surface area contributed by atoms with E-state index in [0.717, 1.165) is 17.9 Å². The summed E-state index contributed by atoms with van der Waals surface area (Å²) < 4.78 is 0. The van der Waals surface area contributed by atoms with Crippen LogP contribution >= 0.6 is 0 Å². The van der Waals surface area contributed by atoms with Gasteiger partial charge in [-0.25, -0.2) is 0 Å². The standard InChI is InChI=1S/C14H28N2/c1-11(2)14-8-5-9-16(14)10-12-6-3-4-7-13(12)15/h11-14H,3-10,15H2,1-2H3. The van der Waals surface area contributed by atoms with E-state index in [1.54, 1.807) is 0 Å². The third-order valence-electron chi connectivity index (χ3n) is 4.62. The van der Waals surface area contributed by atoms with E-state index in [1.807, 2.05) is 0 Å². The predicted octanol–water partition coefficient (Wildman–Crippen LogP) is 2.62. The summed E-state index contributed by atoms with van der Waals surface area (Å²) in [7, 11) is 0. The molecular formula is C14H28N2. The molecule has 0 amide bonds. The fraction of sp³-hybridized carbons (Fsp3) is 1.00. The van der Waals surface area contributed by atoms with Crippen LogP contribution in [0.25, 0.3) is 0 Å². The van der Waals surface area contributed by atoms with Gasteiger partial charge in [-0.05, 0) is 44.1 Å². The Morgan fingerprint density at radius 2 is 1.88 bits per heavy atom. The molecule has 2 rings (SSSR count). The number of rotatable bonds is 3. The van der Waals surface area contributed by atoms with Crippen LogP contribution in [-0.4, -0.2) is 30.1 Å². The van der Waals surface area contributed by atoms with Gasteiger partial charge in [-0.1, -0.05) is 26.7 Å². The van der Waals surface area contributed by atoms with Gasteiger partial charge in [0.2, 0.25) is 0 Å². The van der Waals surface area contributed by atoms with Crippen molar-refractivity contribution in [3.63, 3.8) is 0 Å². The average Bonchev–Trinajstić information content (AvgIpc) is 2.69. The van der Waals surface area contributed by atoms with Gasteiger partial charge in [-0.15, -0.1) is 0 Å². The first-order chi connectivity index (χ1) is 7.68. The van der Waals surface area contributed by atoms with Crippen LogP contribution in [0.3, 0.4) is 0 Å². The quantitative estimate of drug-likeness (QED) is 0.798. The van der Waals surface area contributed by atoms with Gasteiger partial charge in [0.05, 0.1) is 0 Å². The van der Waals surface area contributed by atoms with E-state index in [0.29, 0.717) is 6.04 Å². The second-order valence-corrected chi connectivity index (χ2v) is 6.16. The van der Waals surface area contributed by atoms with Gasteiger partial charge in [-0.3, -0.25) is 4.90 Å². The highest BCUT2D eigenvalue weighted by Crippen LogP contribution is 2.29. The van der Waals surface area contributed by atoms with Gasteiger partial charge in [0.15, 0.2) is 0 Å². The summed E-state index contributed by atoms with van der Waals surface area (Å²) in [5.74, 6) is 1.58. The topological polar surface area (TPSA) is 29.3 Å². The van der Waals surface area contributed by atoms with E-state index in [1.165, 1.54) is 51.6 Å². The molecule has 2 fully saturated rings. The number of likely N-dealkylation sites (tertiary alicyclic amines) is 1. The molecule has 0 radical (unpaired) electrons. The SMILES string of the molecule is CC(C)C1CCCN1CC1CCCCC1N. The van der Waals surface area contributed by atoms with Gasteiger partial charge in [-0.2, -0.15) is 0 Å². The average molecular weight is 224 g/mol. The Kier molecular flexibility index (Phi) is 4.26. The molecule has 1 saturated heterocycles. The van der Waals surface area contributed by atoms with Crippen LogP contribution in [0.5, 0.6) is 0 Å². The highest BCUT2D eigenvalue weighted by atomic mass is 15.2. The van der Waals surface area contributed by atoms with Crippen LogP contribution in [-0.2, 0) is 0 Å². The summed E-state index contributed by atoms with van der Waals surface area (Å²) in [5, 5.41) is 0. The van der Waals surface area contributed by atoms with Crippen LogP contribution in [0, 0.1) is 11.8 Å². The van der Waals surface area contributed by atoms with E-state index in [2.05, 4.69) is 18.7 Å². The maximum absolute atomic E-state index is 6.25. The first kappa shape index (κ1) is 12.4. The van der Waals surface area contributed by atoms with Gasteiger partial charge in [0.1, 0.15) is 0 Å². The molecule has 0 aromatic heterocycles. The number of nitrogens with zero attached hydrogens (tertiary/aromatic N) is 1. The highest BCUT2D eigenvalue weighted by molar-refractivity contribution is 4.87. The lowest BCUT2D eigenvalue weighted by Gasteiger charge is -2.35. The van der Waals surface area contributed by atoms with Crippen LogP contribution in [0.15, 0.2) is 0 Å². The lowest BCUT2D eigenvalue weighted by Crippen LogP contribution is -2.44. The molecule has 3 atom stereocenters. The number of hydrogen-bond acceptors (Lipinski definition) is 2. The smallest absolute Gasteiger partial charge is 0.0119 e. The minimum Gasteiger partial charge on any atom is -0.327 e. The van der Waals surface area contributed by atoms with Crippen molar-refractivity contribution in [3.05, 3.63) is 0 Å². The van der Waals surface area contributed by atoms with Crippen molar-refractivity contribution in [2.75, 3.05) is 13.1 Å². The first-order valence-electron chi connectivity index (χ1n) is 7.18. The van der Waals surface area contributed by atoms with Crippen LogP contribution in [0.4, 0.5) is 0 Å². The Balaban J connectivity index is 1.87. The predicted molar refractivity (Wildman–Crippen MR) is 69.4 cm³/mol. The molecule has 0 aromatic carbocycles. The molecule has 1 saturated carbocycles. The summed E-state index contributed by atoms with van der Waals surface area (Å²) in [4.78, 5) is 2.72. The van der Waals surface area contributed by atoms with Gasteiger partial charge in [0, 0.05) is 18.6 Å². The van der Waals surface area contributed by atoms with Gasteiger partial charge in [0.25, 0.3) is 0 Å². The van der Waals surface area contributed by atoms with Crippen molar-refractivity contribution in [1.82, 2.24) is 4.90 Å². The fourth-order valence-electron chi connectivity index (χ4n) is 3.60. The van der Waals surface area contributed by atoms with Crippen molar-refractivity contribution in [2.45, 2.75) is 64.5 Å². The van der Waals surface area contributed by atoms with E-state index < -0.39 is 0 Å². The van der Waals surface area contributed by atoms with Crippen molar-refractivity contribution >= 4 is 0 Å². The molecule has 2 aliphatic rings. The van der Waals surface area contributed by atoms with Crippen molar-refractivity contribution in [3.8, 4) is 0 Å². The summed E-state index contributed by atoms with van der Waals surface area (Å²) in [6, 6.07) is 1.30. The molecule has 2 heteroatoms. The lowest BCUT2D eigenvalue weighted by atomic mass is 9.84. The minimum atomic E-state index is 0.474. The summed E-state index contributed by atoms with van der Waals surface area (Å²) in [5.41, 5.74) is 6.25. The summed E-state index contributed by atoms with van der Waals surface area (Å²) in [6.07, 6.45) is 8.17.